The van der Waals surface area contributed by atoms with E-state index < -0.39 is 0 Å². The molecule has 4 nitrogen and oxygen atoms in total. The number of nitrogens with zero attached hydrogens (tertiary/aromatic N) is 1. The summed E-state index contributed by atoms with van der Waals surface area (Å²) in [7, 11) is 3.84. The summed E-state index contributed by atoms with van der Waals surface area (Å²) in [6.07, 6.45) is 2.39. The van der Waals surface area contributed by atoms with Crippen molar-refractivity contribution < 1.29 is 9.47 Å². The average Bonchev–Trinajstić information content (AvgIpc) is 2.49. The molecule has 2 N–H and O–H groups in total. The number of nitrogens with two attached hydrogens (primary N) is 1. The molecule has 1 aromatic rings. The smallest absolute Gasteiger partial charge is 0.165 e. The number of hydrogen-bond acceptors (Lipinski definition) is 4. The Morgan fingerprint density at radius 3 is 2.65 bits per heavy atom. The molecular formula is C16H26N2O2. The molecular weight excluding hydrogens is 252 g/mol. The molecule has 0 radical (unpaired) electrons. The zero-order chi connectivity index (χ0) is 14.5. The molecule has 0 aliphatic carbocycles. The van der Waals surface area contributed by atoms with Gasteiger partial charge in [-0.1, -0.05) is 19.1 Å². The molecule has 0 saturated carbocycles. The number of benzene rings is 1. The average molecular weight is 278 g/mol. The van der Waals surface area contributed by atoms with Crippen molar-refractivity contribution in [1.29, 1.82) is 0 Å². The predicted molar refractivity (Wildman–Crippen MR) is 81.6 cm³/mol. The first-order chi connectivity index (χ1) is 9.65. The van der Waals surface area contributed by atoms with Gasteiger partial charge in [0.2, 0.25) is 0 Å². The minimum absolute atomic E-state index is 0.270. The SMILES string of the molecule is COc1cccc(C(C)CN)c1OC1CCN(C)CC1. The van der Waals surface area contributed by atoms with Crippen LogP contribution in [0.15, 0.2) is 18.2 Å². The van der Waals surface area contributed by atoms with Gasteiger partial charge in [0.05, 0.1) is 7.11 Å². The van der Waals surface area contributed by atoms with E-state index in [9.17, 15) is 0 Å². The topological polar surface area (TPSA) is 47.7 Å². The van der Waals surface area contributed by atoms with Crippen LogP contribution >= 0.6 is 0 Å². The minimum Gasteiger partial charge on any atom is -0.493 e. The van der Waals surface area contributed by atoms with Crippen molar-refractivity contribution in [3.05, 3.63) is 23.8 Å². The fraction of sp³-hybridized carbons (Fsp3) is 0.625. The highest BCUT2D eigenvalue weighted by Gasteiger charge is 2.22. The molecule has 1 aliphatic heterocycles. The monoisotopic (exact) mass is 278 g/mol. The first-order valence-electron chi connectivity index (χ1n) is 7.37. The quantitative estimate of drug-likeness (QED) is 0.897. The van der Waals surface area contributed by atoms with Crippen LogP contribution in [0.2, 0.25) is 0 Å². The van der Waals surface area contributed by atoms with Gasteiger partial charge in [0.25, 0.3) is 0 Å². The van der Waals surface area contributed by atoms with Crippen molar-refractivity contribution in [3.8, 4) is 11.5 Å². The Balaban J connectivity index is 2.19. The number of methoxy groups -OCH3 is 1. The highest BCUT2D eigenvalue weighted by molar-refractivity contribution is 5.48. The molecule has 2 rings (SSSR count). The van der Waals surface area contributed by atoms with Crippen LogP contribution in [0.4, 0.5) is 0 Å². The number of rotatable bonds is 5. The van der Waals surface area contributed by atoms with Crippen molar-refractivity contribution in [1.82, 2.24) is 4.90 Å². The van der Waals surface area contributed by atoms with Gasteiger partial charge in [0.1, 0.15) is 6.10 Å². The van der Waals surface area contributed by atoms with Gasteiger partial charge < -0.3 is 20.1 Å². The lowest BCUT2D eigenvalue weighted by Crippen LogP contribution is -2.36. The number of piperidine rings is 1. The van der Waals surface area contributed by atoms with Gasteiger partial charge >= 0.3 is 0 Å². The van der Waals surface area contributed by atoms with Gasteiger partial charge in [-0.05, 0) is 38.4 Å². The third-order valence-corrected chi connectivity index (χ3v) is 4.06. The lowest BCUT2D eigenvalue weighted by atomic mass is 9.99. The van der Waals surface area contributed by atoms with Gasteiger partial charge in [0.15, 0.2) is 11.5 Å². The van der Waals surface area contributed by atoms with E-state index in [0.29, 0.717) is 6.54 Å². The van der Waals surface area contributed by atoms with E-state index in [4.69, 9.17) is 15.2 Å². The molecule has 1 unspecified atom stereocenters. The Bertz CT molecular complexity index is 428. The van der Waals surface area contributed by atoms with Crippen LogP contribution in [0.1, 0.15) is 31.2 Å². The molecule has 0 spiro atoms. The first kappa shape index (κ1) is 15.1. The second kappa shape index (κ2) is 6.95. The summed E-state index contributed by atoms with van der Waals surface area (Å²) >= 11 is 0. The number of ether oxygens (including phenoxy) is 2. The maximum absolute atomic E-state index is 6.27. The summed E-state index contributed by atoms with van der Waals surface area (Å²) < 4.78 is 11.7. The van der Waals surface area contributed by atoms with E-state index in [2.05, 4.69) is 24.9 Å². The van der Waals surface area contributed by atoms with Gasteiger partial charge in [-0.3, -0.25) is 0 Å². The van der Waals surface area contributed by atoms with E-state index in [0.717, 1.165) is 43.0 Å². The Kier molecular flexibility index (Phi) is 5.26. The Morgan fingerprint density at radius 1 is 1.35 bits per heavy atom. The Morgan fingerprint density at radius 2 is 2.05 bits per heavy atom. The zero-order valence-electron chi connectivity index (χ0n) is 12.8. The summed E-state index contributed by atoms with van der Waals surface area (Å²) in [5.74, 6) is 1.95. The molecule has 1 atom stereocenters. The van der Waals surface area contributed by atoms with Gasteiger partial charge in [-0.15, -0.1) is 0 Å². The highest BCUT2D eigenvalue weighted by atomic mass is 16.5. The lowest BCUT2D eigenvalue weighted by molar-refractivity contribution is 0.110. The fourth-order valence-electron chi connectivity index (χ4n) is 2.60. The summed E-state index contributed by atoms with van der Waals surface area (Å²) in [6, 6.07) is 6.04. The van der Waals surface area contributed by atoms with Crippen LogP contribution in [0.25, 0.3) is 0 Å². The summed E-state index contributed by atoms with van der Waals surface area (Å²) in [5, 5.41) is 0. The molecule has 0 aromatic heterocycles. The van der Waals surface area contributed by atoms with Crippen LogP contribution in [0, 0.1) is 0 Å². The summed E-state index contributed by atoms with van der Waals surface area (Å²) in [6.45, 7) is 4.90. The minimum atomic E-state index is 0.270. The van der Waals surface area contributed by atoms with Crippen molar-refractivity contribution in [2.24, 2.45) is 5.73 Å². The number of para-hydroxylation sites is 1. The maximum Gasteiger partial charge on any atom is 0.165 e. The number of likely N-dealkylation sites (tertiary alicyclic amines) is 1. The van der Waals surface area contributed by atoms with Gasteiger partial charge in [-0.25, -0.2) is 0 Å². The summed E-state index contributed by atoms with van der Waals surface area (Å²) in [5.41, 5.74) is 6.96. The van der Waals surface area contributed by atoms with Crippen molar-refractivity contribution in [2.75, 3.05) is 33.8 Å². The normalized spacial score (nSPS) is 18.8. The lowest BCUT2D eigenvalue weighted by Gasteiger charge is -2.31. The third-order valence-electron chi connectivity index (χ3n) is 4.06. The van der Waals surface area contributed by atoms with Gasteiger partial charge in [0, 0.05) is 18.7 Å². The van der Waals surface area contributed by atoms with E-state index in [1.54, 1.807) is 7.11 Å². The molecule has 4 heteroatoms. The molecule has 20 heavy (non-hydrogen) atoms. The standard InChI is InChI=1S/C16H26N2O2/c1-12(11-17)14-5-4-6-15(19-3)16(14)20-13-7-9-18(2)10-8-13/h4-6,12-13H,7-11,17H2,1-3H3. The summed E-state index contributed by atoms with van der Waals surface area (Å²) in [4.78, 5) is 2.34. The van der Waals surface area contributed by atoms with Crippen LogP contribution in [-0.4, -0.2) is 44.8 Å². The van der Waals surface area contributed by atoms with Crippen LogP contribution in [-0.2, 0) is 0 Å². The molecule has 0 bridgehead atoms. The van der Waals surface area contributed by atoms with E-state index >= 15 is 0 Å². The Labute approximate surface area is 121 Å². The largest absolute Gasteiger partial charge is 0.493 e. The fourth-order valence-corrected chi connectivity index (χ4v) is 2.60. The van der Waals surface area contributed by atoms with Gasteiger partial charge in [-0.2, -0.15) is 0 Å². The van der Waals surface area contributed by atoms with E-state index in [1.165, 1.54) is 0 Å². The van der Waals surface area contributed by atoms with E-state index in [-0.39, 0.29) is 12.0 Å². The molecule has 112 valence electrons. The molecule has 1 aliphatic rings. The molecule has 1 saturated heterocycles. The van der Waals surface area contributed by atoms with Crippen molar-refractivity contribution in [3.63, 3.8) is 0 Å². The number of hydrogen-bond donors (Lipinski definition) is 1. The highest BCUT2D eigenvalue weighted by Crippen LogP contribution is 2.37. The maximum atomic E-state index is 6.27. The van der Waals surface area contributed by atoms with Crippen LogP contribution in [0.5, 0.6) is 11.5 Å². The molecule has 1 fully saturated rings. The third kappa shape index (κ3) is 3.44. The predicted octanol–water partition coefficient (Wildman–Crippen LogP) is 2.23. The second-order valence-corrected chi connectivity index (χ2v) is 5.64. The Hall–Kier alpha value is -1.26. The van der Waals surface area contributed by atoms with Crippen molar-refractivity contribution >= 4 is 0 Å². The molecule has 1 aromatic carbocycles. The molecule has 1 heterocycles. The second-order valence-electron chi connectivity index (χ2n) is 5.64. The van der Waals surface area contributed by atoms with Crippen LogP contribution < -0.4 is 15.2 Å². The van der Waals surface area contributed by atoms with Crippen LogP contribution in [0.3, 0.4) is 0 Å². The molecule has 0 amide bonds. The zero-order valence-corrected chi connectivity index (χ0v) is 12.8. The van der Waals surface area contributed by atoms with Crippen molar-refractivity contribution in [2.45, 2.75) is 31.8 Å². The first-order valence-corrected chi connectivity index (χ1v) is 7.37. The van der Waals surface area contributed by atoms with E-state index in [1.807, 2.05) is 12.1 Å².